The van der Waals surface area contributed by atoms with Crippen molar-refractivity contribution in [1.29, 1.82) is 0 Å². The Morgan fingerprint density at radius 2 is 1.68 bits per heavy atom. The number of nitrogens with zero attached hydrogens (tertiary/aromatic N) is 3. The summed E-state index contributed by atoms with van der Waals surface area (Å²) in [6, 6.07) is 16.2. The van der Waals surface area contributed by atoms with Crippen LogP contribution < -0.4 is 20.9 Å². The summed E-state index contributed by atoms with van der Waals surface area (Å²) in [5.41, 5.74) is 3.28. The summed E-state index contributed by atoms with van der Waals surface area (Å²) >= 11 is 0. The molecule has 0 bridgehead atoms. The molecule has 0 fully saturated rings. The molecule has 2 heterocycles. The van der Waals surface area contributed by atoms with Gasteiger partial charge in [-0.15, -0.1) is 0 Å². The van der Waals surface area contributed by atoms with Crippen molar-refractivity contribution in [2.45, 2.75) is 52.1 Å². The van der Waals surface area contributed by atoms with Gasteiger partial charge in [0.2, 0.25) is 0 Å². The Kier molecular flexibility index (Phi) is 14.3. The van der Waals surface area contributed by atoms with Crippen LogP contribution in [0.4, 0.5) is 5.69 Å². The quantitative estimate of drug-likeness (QED) is 0.0378. The second-order valence-electron chi connectivity index (χ2n) is 12.9. The number of benzene rings is 3. The molecule has 1 amide bonds. The van der Waals surface area contributed by atoms with Crippen LogP contribution in [0, 0.1) is 38.9 Å². The van der Waals surface area contributed by atoms with Gasteiger partial charge in [-0.05, 0) is 80.3 Å². The van der Waals surface area contributed by atoms with E-state index in [1.54, 1.807) is 80.7 Å². The Bertz CT molecular complexity index is 2540. The van der Waals surface area contributed by atoms with E-state index in [1.807, 2.05) is 0 Å². The lowest BCUT2D eigenvalue weighted by Gasteiger charge is -2.15. The van der Waals surface area contributed by atoms with Gasteiger partial charge in [0.15, 0.2) is 11.2 Å². The number of hydrogen-bond acceptors (Lipinski definition) is 14. The lowest BCUT2D eigenvalue weighted by molar-refractivity contribution is -0.139. The number of aryl methyl sites for hydroxylation is 2. The van der Waals surface area contributed by atoms with Gasteiger partial charge in [-0.2, -0.15) is 0 Å². The van der Waals surface area contributed by atoms with Crippen molar-refractivity contribution in [3.05, 3.63) is 123 Å². The van der Waals surface area contributed by atoms with E-state index < -0.39 is 37.3 Å². The molecule has 0 aliphatic carbocycles. The molecule has 0 saturated heterocycles. The number of carbonyl (C=O) groups is 4. The first-order chi connectivity index (χ1) is 28.2. The van der Waals surface area contributed by atoms with Gasteiger partial charge in [-0.3, -0.25) is 18.9 Å². The predicted octanol–water partition coefficient (Wildman–Crippen LogP) is 4.82. The molecule has 0 saturated carbocycles. The minimum atomic E-state index is -4.11. The smallest absolute Gasteiger partial charge is 0.480 e. The van der Waals surface area contributed by atoms with Crippen molar-refractivity contribution in [2.24, 2.45) is 0 Å². The van der Waals surface area contributed by atoms with Crippen LogP contribution in [0.3, 0.4) is 0 Å². The Morgan fingerprint density at radius 1 is 0.966 bits per heavy atom. The predicted molar refractivity (Wildman–Crippen MR) is 213 cm³/mol. The second-order valence-corrected chi connectivity index (χ2v) is 14.4. The Labute approximate surface area is 337 Å². The SMILES string of the molecule is C#COP(=O)(OC#C)OCCc1ccc(OC(=O)c2ccc(C)cc2CC(=O)CC[C@H](NC(=O)c2ccc(NCc3cnc4nc(C)[nH]c(=O)c4n3)cc2)C(=O)O)cc1. The number of aliphatic carboxylic acids is 1. The molecule has 0 radical (unpaired) electrons. The number of carboxylic acid groups (broad SMARTS) is 1. The molecular weight excluding hydrogens is 783 g/mol. The molecule has 0 spiro atoms. The number of aromatic amines is 1. The van der Waals surface area contributed by atoms with Crippen LogP contribution in [-0.2, 0) is 47.1 Å². The number of carbonyl (C=O) groups excluding carboxylic acids is 3. The zero-order valence-electron chi connectivity index (χ0n) is 31.7. The fraction of sp³-hybridized carbons (Fsp3) is 0.220. The number of nitrogens with one attached hydrogen (secondary N) is 3. The second kappa shape index (κ2) is 19.7. The van der Waals surface area contributed by atoms with Crippen LogP contribution in [0.2, 0.25) is 0 Å². The molecule has 4 N–H and O–H groups in total. The van der Waals surface area contributed by atoms with Crippen molar-refractivity contribution in [3.8, 4) is 30.8 Å². The molecule has 5 rings (SSSR count). The molecule has 0 aliphatic rings. The van der Waals surface area contributed by atoms with Gasteiger partial charge in [0.1, 0.15) is 35.6 Å². The molecule has 5 aromatic rings. The fourth-order valence-electron chi connectivity index (χ4n) is 5.62. The van der Waals surface area contributed by atoms with Crippen molar-refractivity contribution < 1.29 is 47.2 Å². The van der Waals surface area contributed by atoms with Gasteiger partial charge < -0.3 is 34.5 Å². The first kappa shape index (κ1) is 42.8. The summed E-state index contributed by atoms with van der Waals surface area (Å²) < 4.78 is 31.9. The molecule has 1 atom stereocenters. The van der Waals surface area contributed by atoms with Crippen molar-refractivity contribution in [1.82, 2.24) is 25.3 Å². The van der Waals surface area contributed by atoms with Crippen molar-refractivity contribution >= 4 is 48.3 Å². The first-order valence-corrected chi connectivity index (χ1v) is 19.3. The number of terminal acetylenes is 2. The molecule has 18 heteroatoms. The Balaban J connectivity index is 1.12. The normalized spacial score (nSPS) is 11.4. The number of hydrogen-bond donors (Lipinski definition) is 4. The summed E-state index contributed by atoms with van der Waals surface area (Å²) in [6.07, 6.45) is 14.6. The standard InChI is InChI=1S/C41H37N6O11P/c1-5-55-59(54,56-6-2)57-20-19-27-8-15-33(16-9-27)58-41(53)34-17-7-25(3)21-29(34)22-32(48)14-18-35(40(51)52)47-38(49)28-10-12-30(13-11-28)42-23-31-24-43-37-36(46-31)39(50)45-26(4)44-37/h1-2,7-13,15-17,21,24,35,42H,14,18-20,22-23H2,3-4H3,(H,47,49)(H,51,52)(H,43,44,45,50)/t35-/m0/s1. The maximum atomic E-state index is 13.2. The monoisotopic (exact) mass is 820 g/mol. The van der Waals surface area contributed by atoms with Gasteiger partial charge >= 0.3 is 19.8 Å². The molecule has 17 nitrogen and oxygen atoms in total. The zero-order valence-corrected chi connectivity index (χ0v) is 32.6. The van der Waals surface area contributed by atoms with Gasteiger partial charge in [-0.1, -0.05) is 42.7 Å². The minimum Gasteiger partial charge on any atom is -0.480 e. The number of phosphoric ester groups is 1. The van der Waals surface area contributed by atoms with Gasteiger partial charge in [0.25, 0.3) is 11.5 Å². The van der Waals surface area contributed by atoms with E-state index in [0.717, 1.165) is 11.1 Å². The number of esters is 1. The third kappa shape index (κ3) is 12.1. The van der Waals surface area contributed by atoms with Crippen LogP contribution >= 0.6 is 7.82 Å². The van der Waals surface area contributed by atoms with E-state index in [9.17, 15) is 33.6 Å². The summed E-state index contributed by atoms with van der Waals surface area (Å²) in [5.74, 6) is -2.41. The maximum absolute atomic E-state index is 13.2. The summed E-state index contributed by atoms with van der Waals surface area (Å²) in [6.45, 7) is 3.55. The van der Waals surface area contributed by atoms with Gasteiger partial charge in [0, 0.05) is 24.1 Å². The Morgan fingerprint density at radius 3 is 2.36 bits per heavy atom. The lowest BCUT2D eigenvalue weighted by Crippen LogP contribution is -2.41. The van der Waals surface area contributed by atoms with Crippen LogP contribution in [0.25, 0.3) is 11.2 Å². The number of carboxylic acids is 1. The number of anilines is 1. The third-order valence-electron chi connectivity index (χ3n) is 8.49. The number of fused-ring (bicyclic) bond motifs is 1. The topological polar surface area (TPSA) is 238 Å². The summed E-state index contributed by atoms with van der Waals surface area (Å²) in [7, 11) is -4.11. The van der Waals surface area contributed by atoms with E-state index in [0.29, 0.717) is 22.8 Å². The largest absolute Gasteiger partial charge is 0.604 e. The molecule has 59 heavy (non-hydrogen) atoms. The van der Waals surface area contributed by atoms with Crippen molar-refractivity contribution in [2.75, 3.05) is 11.9 Å². The van der Waals surface area contributed by atoms with E-state index in [-0.39, 0.29) is 72.7 Å². The number of rotatable bonds is 19. The number of Topliss-reactive ketones (excluding diaryl/α,β-unsaturated/α-hetero) is 1. The van der Waals surface area contributed by atoms with Crippen LogP contribution in [0.15, 0.2) is 77.7 Å². The number of ketones is 1. The van der Waals surface area contributed by atoms with E-state index in [1.165, 1.54) is 18.3 Å². The molecule has 3 aromatic carbocycles. The number of H-pyrrole nitrogens is 1. The van der Waals surface area contributed by atoms with E-state index >= 15 is 0 Å². The van der Waals surface area contributed by atoms with Gasteiger partial charge in [-0.25, -0.2) is 29.1 Å². The molecule has 2 aromatic heterocycles. The highest BCUT2D eigenvalue weighted by Crippen LogP contribution is 2.48. The summed E-state index contributed by atoms with van der Waals surface area (Å²) in [4.78, 5) is 78.9. The lowest BCUT2D eigenvalue weighted by atomic mass is 9.97. The fourth-order valence-corrected chi connectivity index (χ4v) is 6.33. The number of aromatic nitrogens is 4. The highest BCUT2D eigenvalue weighted by Gasteiger charge is 2.28. The average Bonchev–Trinajstić information content (AvgIpc) is 3.19. The first-order valence-electron chi connectivity index (χ1n) is 17.8. The third-order valence-corrected chi connectivity index (χ3v) is 9.65. The highest BCUT2D eigenvalue weighted by molar-refractivity contribution is 7.48. The van der Waals surface area contributed by atoms with E-state index in [4.69, 9.17) is 22.1 Å². The molecule has 0 unspecified atom stereocenters. The maximum Gasteiger partial charge on any atom is 0.604 e. The minimum absolute atomic E-state index is 0.109. The molecular formula is C41H37N6O11P. The molecule has 0 aliphatic heterocycles. The summed E-state index contributed by atoms with van der Waals surface area (Å²) in [5, 5.41) is 15.4. The van der Waals surface area contributed by atoms with Crippen LogP contribution in [-0.4, -0.2) is 61.3 Å². The zero-order chi connectivity index (χ0) is 42.5. The van der Waals surface area contributed by atoms with Crippen molar-refractivity contribution in [3.63, 3.8) is 0 Å². The van der Waals surface area contributed by atoms with Crippen LogP contribution in [0.5, 0.6) is 5.75 Å². The number of phosphoric acid groups is 1. The molecule has 302 valence electrons. The highest BCUT2D eigenvalue weighted by atomic mass is 31.2. The number of ether oxygens (including phenoxy) is 1. The van der Waals surface area contributed by atoms with Gasteiger partial charge in [0.05, 0.1) is 30.6 Å². The van der Waals surface area contributed by atoms with Crippen LogP contribution in [0.1, 0.15) is 61.8 Å². The van der Waals surface area contributed by atoms with E-state index in [2.05, 4.69) is 39.6 Å². The average molecular weight is 821 g/mol. The Hall–Kier alpha value is -7.33. The number of amides is 1.